The molecule has 0 aromatic heterocycles. The van der Waals surface area contributed by atoms with E-state index in [1.165, 1.54) is 18.4 Å². The van der Waals surface area contributed by atoms with Crippen LogP contribution in [0.1, 0.15) is 18.4 Å². The lowest BCUT2D eigenvalue weighted by atomic mass is 10.1. The fourth-order valence-electron chi connectivity index (χ4n) is 2.28. The molecule has 0 bridgehead atoms. The minimum absolute atomic E-state index is 0.511. The minimum atomic E-state index is 0.511. The SMILES string of the molecule is CNCC1(CNCc2ccccc2OC)CC1. The number of benzene rings is 1. The van der Waals surface area contributed by atoms with E-state index in [0.717, 1.165) is 25.4 Å². The van der Waals surface area contributed by atoms with Crippen LogP contribution in [0.5, 0.6) is 5.75 Å². The van der Waals surface area contributed by atoms with Gasteiger partial charge in [0.05, 0.1) is 7.11 Å². The van der Waals surface area contributed by atoms with Crippen molar-refractivity contribution in [3.8, 4) is 5.75 Å². The molecule has 3 nitrogen and oxygen atoms in total. The van der Waals surface area contributed by atoms with Crippen molar-refractivity contribution >= 4 is 0 Å². The Bertz CT molecular complexity index is 361. The number of para-hydroxylation sites is 1. The largest absolute Gasteiger partial charge is 0.496 e. The van der Waals surface area contributed by atoms with Gasteiger partial charge in [0, 0.05) is 25.2 Å². The molecule has 0 aliphatic heterocycles. The van der Waals surface area contributed by atoms with E-state index < -0.39 is 0 Å². The Balaban J connectivity index is 1.82. The van der Waals surface area contributed by atoms with Crippen LogP contribution in [0.2, 0.25) is 0 Å². The predicted molar refractivity (Wildman–Crippen MR) is 70.3 cm³/mol. The maximum Gasteiger partial charge on any atom is 0.123 e. The lowest BCUT2D eigenvalue weighted by molar-refractivity contribution is 0.401. The monoisotopic (exact) mass is 234 g/mol. The molecule has 0 amide bonds. The molecular weight excluding hydrogens is 212 g/mol. The fourth-order valence-corrected chi connectivity index (χ4v) is 2.28. The lowest BCUT2D eigenvalue weighted by Crippen LogP contribution is -2.31. The molecule has 17 heavy (non-hydrogen) atoms. The van der Waals surface area contributed by atoms with Crippen LogP contribution >= 0.6 is 0 Å². The smallest absolute Gasteiger partial charge is 0.123 e. The van der Waals surface area contributed by atoms with E-state index in [1.54, 1.807) is 7.11 Å². The third kappa shape index (κ3) is 3.20. The van der Waals surface area contributed by atoms with E-state index in [2.05, 4.69) is 22.8 Å². The molecule has 1 saturated carbocycles. The van der Waals surface area contributed by atoms with Gasteiger partial charge in [-0.25, -0.2) is 0 Å². The van der Waals surface area contributed by atoms with Crippen molar-refractivity contribution in [2.45, 2.75) is 19.4 Å². The second-order valence-corrected chi connectivity index (χ2v) is 4.95. The molecule has 1 aliphatic carbocycles. The summed E-state index contributed by atoms with van der Waals surface area (Å²) in [7, 11) is 3.75. The zero-order valence-electron chi connectivity index (χ0n) is 10.8. The van der Waals surface area contributed by atoms with E-state index in [4.69, 9.17) is 4.74 Å². The molecule has 0 unspecified atom stereocenters. The Morgan fingerprint density at radius 1 is 1.24 bits per heavy atom. The lowest BCUT2D eigenvalue weighted by Gasteiger charge is -2.16. The second kappa shape index (κ2) is 5.52. The van der Waals surface area contributed by atoms with E-state index >= 15 is 0 Å². The molecule has 94 valence electrons. The average Bonchev–Trinajstić information content (AvgIpc) is 3.10. The molecule has 2 N–H and O–H groups in total. The molecule has 0 spiro atoms. The highest BCUT2D eigenvalue weighted by atomic mass is 16.5. The number of hydrogen-bond acceptors (Lipinski definition) is 3. The number of hydrogen-bond donors (Lipinski definition) is 2. The summed E-state index contributed by atoms with van der Waals surface area (Å²) in [6.45, 7) is 3.09. The van der Waals surface area contributed by atoms with E-state index in [0.29, 0.717) is 5.41 Å². The van der Waals surface area contributed by atoms with Gasteiger partial charge in [0.2, 0.25) is 0 Å². The zero-order chi connectivity index (χ0) is 12.1. The Morgan fingerprint density at radius 3 is 2.65 bits per heavy atom. The van der Waals surface area contributed by atoms with Crippen molar-refractivity contribution in [1.29, 1.82) is 0 Å². The Morgan fingerprint density at radius 2 is 2.00 bits per heavy atom. The first kappa shape index (κ1) is 12.4. The van der Waals surface area contributed by atoms with E-state index in [-0.39, 0.29) is 0 Å². The van der Waals surface area contributed by atoms with Crippen molar-refractivity contribution in [1.82, 2.24) is 10.6 Å². The molecule has 0 heterocycles. The van der Waals surface area contributed by atoms with Crippen LogP contribution in [-0.2, 0) is 6.54 Å². The van der Waals surface area contributed by atoms with Crippen molar-refractivity contribution in [3.63, 3.8) is 0 Å². The summed E-state index contributed by atoms with van der Waals surface area (Å²) < 4.78 is 5.34. The number of nitrogens with one attached hydrogen (secondary N) is 2. The summed E-state index contributed by atoms with van der Waals surface area (Å²) >= 11 is 0. The Hall–Kier alpha value is -1.06. The van der Waals surface area contributed by atoms with Gasteiger partial charge in [-0.05, 0) is 31.4 Å². The highest BCUT2D eigenvalue weighted by Crippen LogP contribution is 2.44. The maximum absolute atomic E-state index is 5.34. The van der Waals surface area contributed by atoms with Crippen LogP contribution in [0.25, 0.3) is 0 Å². The van der Waals surface area contributed by atoms with Gasteiger partial charge in [0.15, 0.2) is 0 Å². The van der Waals surface area contributed by atoms with Gasteiger partial charge < -0.3 is 15.4 Å². The Labute approximate surface area is 104 Å². The first-order chi connectivity index (χ1) is 8.29. The third-order valence-electron chi connectivity index (χ3n) is 3.52. The van der Waals surface area contributed by atoms with Crippen LogP contribution < -0.4 is 15.4 Å². The topological polar surface area (TPSA) is 33.3 Å². The van der Waals surface area contributed by atoms with Crippen molar-refractivity contribution in [2.75, 3.05) is 27.2 Å². The molecular formula is C14H22N2O. The second-order valence-electron chi connectivity index (χ2n) is 4.95. The van der Waals surface area contributed by atoms with Crippen molar-refractivity contribution in [2.24, 2.45) is 5.41 Å². The van der Waals surface area contributed by atoms with Crippen molar-refractivity contribution in [3.05, 3.63) is 29.8 Å². The van der Waals surface area contributed by atoms with E-state index in [9.17, 15) is 0 Å². The number of rotatable bonds is 7. The fraction of sp³-hybridized carbons (Fsp3) is 0.571. The van der Waals surface area contributed by atoms with Crippen LogP contribution in [-0.4, -0.2) is 27.2 Å². The summed E-state index contributed by atoms with van der Waals surface area (Å²) in [5.74, 6) is 0.971. The standard InChI is InChI=1S/C14H22N2O/c1-15-10-14(7-8-14)11-16-9-12-5-3-4-6-13(12)17-2/h3-6,15-16H,7-11H2,1-2H3. The summed E-state index contributed by atoms with van der Waals surface area (Å²) in [6.07, 6.45) is 2.68. The summed E-state index contributed by atoms with van der Waals surface area (Å²) in [5.41, 5.74) is 1.74. The number of ether oxygens (including phenoxy) is 1. The van der Waals surface area contributed by atoms with Crippen LogP contribution in [0.4, 0.5) is 0 Å². The summed E-state index contributed by atoms with van der Waals surface area (Å²) in [4.78, 5) is 0. The predicted octanol–water partition coefficient (Wildman–Crippen LogP) is 1.78. The third-order valence-corrected chi connectivity index (χ3v) is 3.52. The van der Waals surface area contributed by atoms with Crippen LogP contribution in [0, 0.1) is 5.41 Å². The van der Waals surface area contributed by atoms with E-state index in [1.807, 2.05) is 19.2 Å². The molecule has 1 aromatic carbocycles. The average molecular weight is 234 g/mol. The first-order valence-corrected chi connectivity index (χ1v) is 6.27. The first-order valence-electron chi connectivity index (χ1n) is 6.27. The Kier molecular flexibility index (Phi) is 4.02. The summed E-state index contributed by atoms with van der Waals surface area (Å²) in [6, 6.07) is 8.19. The summed E-state index contributed by atoms with van der Waals surface area (Å²) in [5, 5.41) is 6.82. The molecule has 3 heteroatoms. The molecule has 1 aliphatic rings. The molecule has 2 rings (SSSR count). The van der Waals surface area contributed by atoms with Crippen molar-refractivity contribution < 1.29 is 4.74 Å². The van der Waals surface area contributed by atoms with Gasteiger partial charge in [-0.2, -0.15) is 0 Å². The maximum atomic E-state index is 5.34. The van der Waals surface area contributed by atoms with Gasteiger partial charge >= 0.3 is 0 Å². The normalized spacial score (nSPS) is 16.8. The minimum Gasteiger partial charge on any atom is -0.496 e. The van der Waals surface area contributed by atoms with Gasteiger partial charge in [-0.1, -0.05) is 18.2 Å². The van der Waals surface area contributed by atoms with Gasteiger partial charge in [-0.15, -0.1) is 0 Å². The quantitative estimate of drug-likeness (QED) is 0.754. The van der Waals surface area contributed by atoms with Gasteiger partial charge in [-0.3, -0.25) is 0 Å². The highest BCUT2D eigenvalue weighted by molar-refractivity contribution is 5.33. The number of methoxy groups -OCH3 is 1. The highest BCUT2D eigenvalue weighted by Gasteiger charge is 2.41. The molecule has 0 radical (unpaired) electrons. The molecule has 1 fully saturated rings. The van der Waals surface area contributed by atoms with Gasteiger partial charge in [0.25, 0.3) is 0 Å². The zero-order valence-corrected chi connectivity index (χ0v) is 10.8. The van der Waals surface area contributed by atoms with Crippen LogP contribution in [0.15, 0.2) is 24.3 Å². The van der Waals surface area contributed by atoms with Gasteiger partial charge in [0.1, 0.15) is 5.75 Å². The molecule has 0 atom stereocenters. The van der Waals surface area contributed by atoms with Crippen LogP contribution in [0.3, 0.4) is 0 Å². The molecule has 1 aromatic rings. The molecule has 0 saturated heterocycles.